The molecule has 2 atom stereocenters. The average Bonchev–Trinajstić information content (AvgIpc) is 2.45. The van der Waals surface area contributed by atoms with Gasteiger partial charge in [-0.3, -0.25) is 14.4 Å². The van der Waals surface area contributed by atoms with Crippen molar-refractivity contribution in [2.24, 2.45) is 5.73 Å². The number of esters is 2. The van der Waals surface area contributed by atoms with Crippen LogP contribution < -0.4 is 11.1 Å². The third-order valence-corrected chi connectivity index (χ3v) is 3.07. The van der Waals surface area contributed by atoms with Crippen LogP contribution in [0, 0.1) is 0 Å². The quantitative estimate of drug-likeness (QED) is 0.498. The highest BCUT2D eigenvalue weighted by atomic mass is 16.6. The van der Waals surface area contributed by atoms with Crippen LogP contribution in [0.1, 0.15) is 67.2 Å². The number of hydrogen-bond acceptors (Lipinski definition) is 7. The van der Waals surface area contributed by atoms with Gasteiger partial charge >= 0.3 is 17.9 Å². The van der Waals surface area contributed by atoms with Crippen molar-refractivity contribution in [1.29, 1.82) is 0 Å². The molecular formula is C18H32N2O7. The summed E-state index contributed by atoms with van der Waals surface area (Å²) in [5, 5.41) is 11.3. The molecule has 0 saturated carbocycles. The maximum absolute atomic E-state index is 12.2. The van der Waals surface area contributed by atoms with E-state index < -0.39 is 47.1 Å². The number of hydrogen-bond donors (Lipinski definition) is 3. The Morgan fingerprint density at radius 1 is 0.889 bits per heavy atom. The number of ether oxygens (including phenoxy) is 2. The van der Waals surface area contributed by atoms with Gasteiger partial charge in [-0.2, -0.15) is 0 Å². The minimum absolute atomic E-state index is 0.0285. The first-order valence-corrected chi connectivity index (χ1v) is 8.83. The summed E-state index contributed by atoms with van der Waals surface area (Å²) in [6.45, 7) is 10.1. The largest absolute Gasteiger partial charge is 0.481 e. The van der Waals surface area contributed by atoms with Gasteiger partial charge in [-0.15, -0.1) is 0 Å². The first-order valence-electron chi connectivity index (χ1n) is 8.83. The van der Waals surface area contributed by atoms with E-state index in [1.165, 1.54) is 0 Å². The first kappa shape index (κ1) is 24.8. The van der Waals surface area contributed by atoms with Crippen LogP contribution in [0.2, 0.25) is 0 Å². The Morgan fingerprint density at radius 3 is 1.81 bits per heavy atom. The Labute approximate surface area is 160 Å². The van der Waals surface area contributed by atoms with E-state index in [9.17, 15) is 19.2 Å². The van der Waals surface area contributed by atoms with Gasteiger partial charge in [0.15, 0.2) is 0 Å². The Bertz CT molecular complexity index is 547. The highest BCUT2D eigenvalue weighted by Crippen LogP contribution is 2.12. The van der Waals surface area contributed by atoms with Crippen molar-refractivity contribution in [3.8, 4) is 0 Å². The molecule has 0 aliphatic heterocycles. The highest BCUT2D eigenvalue weighted by Gasteiger charge is 2.28. The van der Waals surface area contributed by atoms with Crippen molar-refractivity contribution in [3.05, 3.63) is 0 Å². The molecule has 9 heteroatoms. The van der Waals surface area contributed by atoms with Gasteiger partial charge in [0.25, 0.3) is 0 Å². The molecule has 0 aromatic heterocycles. The van der Waals surface area contributed by atoms with Crippen LogP contribution >= 0.6 is 0 Å². The summed E-state index contributed by atoms with van der Waals surface area (Å²) in [6, 6.07) is -2.07. The fraction of sp³-hybridized carbons (Fsp3) is 0.778. The lowest BCUT2D eigenvalue weighted by molar-refractivity contribution is -0.159. The van der Waals surface area contributed by atoms with E-state index in [2.05, 4.69) is 5.32 Å². The van der Waals surface area contributed by atoms with Gasteiger partial charge in [0.2, 0.25) is 5.91 Å². The average molecular weight is 388 g/mol. The van der Waals surface area contributed by atoms with Crippen LogP contribution in [0.4, 0.5) is 0 Å². The zero-order valence-electron chi connectivity index (χ0n) is 17.0. The third kappa shape index (κ3) is 12.8. The number of carboxylic acids is 1. The minimum Gasteiger partial charge on any atom is -0.481 e. The zero-order valence-corrected chi connectivity index (χ0v) is 17.0. The molecule has 0 saturated heterocycles. The summed E-state index contributed by atoms with van der Waals surface area (Å²) in [5.74, 6) is -2.96. The molecule has 0 bridgehead atoms. The van der Waals surface area contributed by atoms with Crippen molar-refractivity contribution >= 4 is 23.8 Å². The molecule has 0 unspecified atom stereocenters. The topological polar surface area (TPSA) is 145 Å². The van der Waals surface area contributed by atoms with Crippen LogP contribution in [0.3, 0.4) is 0 Å². The fourth-order valence-corrected chi connectivity index (χ4v) is 1.94. The van der Waals surface area contributed by atoms with E-state index in [0.717, 1.165) is 0 Å². The number of rotatable bonds is 9. The van der Waals surface area contributed by atoms with E-state index in [-0.39, 0.29) is 25.7 Å². The molecule has 0 aromatic rings. The second-order valence-electron chi connectivity index (χ2n) is 8.26. The Balaban J connectivity index is 4.72. The van der Waals surface area contributed by atoms with Gasteiger partial charge in [-0.05, 0) is 54.4 Å². The van der Waals surface area contributed by atoms with Gasteiger partial charge in [0, 0.05) is 12.8 Å². The normalized spacial score (nSPS) is 14.0. The lowest BCUT2D eigenvalue weighted by Crippen LogP contribution is -2.45. The molecule has 4 N–H and O–H groups in total. The molecule has 0 rings (SSSR count). The van der Waals surface area contributed by atoms with Crippen molar-refractivity contribution in [3.63, 3.8) is 0 Å². The number of nitrogens with one attached hydrogen (secondary N) is 1. The lowest BCUT2D eigenvalue weighted by atomic mass is 10.1. The summed E-state index contributed by atoms with van der Waals surface area (Å²) in [6.07, 6.45) is -0.497. The Kier molecular flexibility index (Phi) is 9.43. The Hall–Kier alpha value is -2.16. The highest BCUT2D eigenvalue weighted by molar-refractivity contribution is 5.85. The first-order chi connectivity index (χ1) is 12.1. The monoisotopic (exact) mass is 388 g/mol. The Morgan fingerprint density at radius 2 is 1.37 bits per heavy atom. The molecule has 0 aliphatic carbocycles. The lowest BCUT2D eigenvalue weighted by Gasteiger charge is -2.24. The second-order valence-corrected chi connectivity index (χ2v) is 8.26. The maximum atomic E-state index is 12.2. The number of carboxylic acid groups (broad SMARTS) is 1. The van der Waals surface area contributed by atoms with E-state index in [0.29, 0.717) is 0 Å². The number of carbonyl (C=O) groups is 4. The number of carbonyl (C=O) groups excluding carboxylic acids is 3. The van der Waals surface area contributed by atoms with Gasteiger partial charge in [-0.1, -0.05) is 0 Å². The van der Waals surface area contributed by atoms with Gasteiger partial charge < -0.3 is 25.6 Å². The summed E-state index contributed by atoms with van der Waals surface area (Å²) in [4.78, 5) is 46.9. The zero-order chi connectivity index (χ0) is 21.4. The van der Waals surface area contributed by atoms with Gasteiger partial charge in [0.05, 0.1) is 0 Å². The molecule has 0 fully saturated rings. The third-order valence-electron chi connectivity index (χ3n) is 3.07. The minimum atomic E-state index is -1.09. The molecule has 0 aliphatic rings. The molecule has 9 nitrogen and oxygen atoms in total. The summed E-state index contributed by atoms with van der Waals surface area (Å²) < 4.78 is 10.3. The summed E-state index contributed by atoms with van der Waals surface area (Å²) >= 11 is 0. The predicted molar refractivity (Wildman–Crippen MR) is 97.7 cm³/mol. The van der Waals surface area contributed by atoms with E-state index in [1.54, 1.807) is 41.5 Å². The van der Waals surface area contributed by atoms with Crippen LogP contribution in [-0.4, -0.2) is 52.2 Å². The predicted octanol–water partition coefficient (Wildman–Crippen LogP) is 1.13. The van der Waals surface area contributed by atoms with Crippen molar-refractivity contribution in [2.45, 2.75) is 90.5 Å². The van der Waals surface area contributed by atoms with E-state index in [4.69, 9.17) is 20.3 Å². The van der Waals surface area contributed by atoms with E-state index in [1.807, 2.05) is 0 Å². The molecular weight excluding hydrogens is 356 g/mol. The van der Waals surface area contributed by atoms with Crippen molar-refractivity contribution in [2.75, 3.05) is 0 Å². The van der Waals surface area contributed by atoms with Gasteiger partial charge in [-0.25, -0.2) is 4.79 Å². The molecule has 156 valence electrons. The molecule has 27 heavy (non-hydrogen) atoms. The van der Waals surface area contributed by atoms with Gasteiger partial charge in [0.1, 0.15) is 23.3 Å². The van der Waals surface area contributed by atoms with Crippen LogP contribution in [0.15, 0.2) is 0 Å². The number of aliphatic carboxylic acids is 1. The molecule has 0 aromatic carbocycles. The van der Waals surface area contributed by atoms with Crippen LogP contribution in [0.5, 0.6) is 0 Å². The number of amides is 1. The van der Waals surface area contributed by atoms with Crippen molar-refractivity contribution in [1.82, 2.24) is 5.32 Å². The molecule has 0 heterocycles. The maximum Gasteiger partial charge on any atom is 0.329 e. The van der Waals surface area contributed by atoms with E-state index >= 15 is 0 Å². The number of nitrogens with two attached hydrogens (primary N) is 1. The van der Waals surface area contributed by atoms with Crippen molar-refractivity contribution < 1.29 is 33.8 Å². The second kappa shape index (κ2) is 10.2. The molecule has 0 spiro atoms. The summed E-state index contributed by atoms with van der Waals surface area (Å²) in [7, 11) is 0. The van der Waals surface area contributed by atoms with Crippen LogP contribution in [-0.2, 0) is 28.7 Å². The standard InChI is InChI=1S/C18H32N2O7/c1-17(2,3)26-15(24)11(19)7-9-13(21)20-12(8-10-14(22)23)16(25)27-18(4,5)6/h11-12H,7-10,19H2,1-6H3,(H,20,21)(H,22,23)/t11-,12-/m0/s1. The van der Waals surface area contributed by atoms with Crippen LogP contribution in [0.25, 0.3) is 0 Å². The SMILES string of the molecule is CC(C)(C)OC(=O)[C@H](CCC(=O)O)NC(=O)CC[C@H](N)C(=O)OC(C)(C)C. The smallest absolute Gasteiger partial charge is 0.329 e. The fourth-order valence-electron chi connectivity index (χ4n) is 1.94. The molecule has 1 amide bonds. The summed E-state index contributed by atoms with van der Waals surface area (Å²) in [5.41, 5.74) is 4.26. The molecule has 0 radical (unpaired) electrons.